The fraction of sp³-hybridized carbons (Fsp3) is 0.500. The highest BCUT2D eigenvalue weighted by Gasteiger charge is 2.28. The Kier molecular flexibility index (Phi) is 3.38. The van der Waals surface area contributed by atoms with Crippen molar-refractivity contribution in [1.82, 2.24) is 4.98 Å². The van der Waals surface area contributed by atoms with Gasteiger partial charge < -0.3 is 20.9 Å². The maximum atomic E-state index is 10.8. The van der Waals surface area contributed by atoms with Crippen molar-refractivity contribution >= 4 is 17.5 Å². The molecule has 1 aliphatic rings. The number of nitrogens with two attached hydrogens (primary N) is 1. The molecule has 1 aromatic heterocycles. The lowest BCUT2D eigenvalue weighted by atomic mass is 9.95. The lowest BCUT2D eigenvalue weighted by Crippen LogP contribution is -2.43. The zero-order valence-corrected chi connectivity index (χ0v) is 10.3. The molecule has 1 fully saturated rings. The number of ether oxygens (including phenoxy) is 1. The number of anilines is 2. The number of pyridine rings is 1. The third-order valence-electron chi connectivity index (χ3n) is 3.02. The van der Waals surface area contributed by atoms with Gasteiger partial charge in [-0.05, 0) is 25.8 Å². The summed E-state index contributed by atoms with van der Waals surface area (Å²) in [5, 5.41) is 12.1. The van der Waals surface area contributed by atoms with Gasteiger partial charge in [0.15, 0.2) is 0 Å². The van der Waals surface area contributed by atoms with E-state index in [1.54, 1.807) is 0 Å². The second-order valence-corrected chi connectivity index (χ2v) is 4.81. The number of nitrogens with one attached hydrogen (secondary N) is 1. The topological polar surface area (TPSA) is 97.5 Å². The van der Waals surface area contributed by atoms with Crippen LogP contribution in [-0.2, 0) is 4.74 Å². The first-order valence-electron chi connectivity index (χ1n) is 5.85. The molecule has 1 unspecified atom stereocenters. The number of hydrogen-bond acceptors (Lipinski definition) is 5. The van der Waals surface area contributed by atoms with Gasteiger partial charge in [-0.25, -0.2) is 9.78 Å². The molecule has 1 atom stereocenters. The van der Waals surface area contributed by atoms with Gasteiger partial charge in [0, 0.05) is 12.8 Å². The second-order valence-electron chi connectivity index (χ2n) is 4.81. The van der Waals surface area contributed by atoms with E-state index in [2.05, 4.69) is 10.3 Å². The third kappa shape index (κ3) is 2.70. The molecule has 0 saturated carbocycles. The number of rotatable bonds is 3. The van der Waals surface area contributed by atoms with Gasteiger partial charge in [0.2, 0.25) is 0 Å². The quantitative estimate of drug-likeness (QED) is 0.750. The van der Waals surface area contributed by atoms with Gasteiger partial charge in [-0.3, -0.25) is 0 Å². The van der Waals surface area contributed by atoms with E-state index in [0.717, 1.165) is 19.4 Å². The van der Waals surface area contributed by atoms with E-state index in [1.807, 2.05) is 6.92 Å². The number of nitrogens with zero attached hydrogens (tertiary/aromatic N) is 1. The zero-order valence-electron chi connectivity index (χ0n) is 10.3. The average Bonchev–Trinajstić information content (AvgIpc) is 2.32. The van der Waals surface area contributed by atoms with Crippen molar-refractivity contribution < 1.29 is 14.6 Å². The van der Waals surface area contributed by atoms with Crippen molar-refractivity contribution in [2.24, 2.45) is 0 Å². The van der Waals surface area contributed by atoms with Crippen LogP contribution >= 0.6 is 0 Å². The molecule has 0 amide bonds. The standard InChI is InChI=1S/C12H17N3O3/c1-12(3-2-4-18-7-12)15-10-9(13)5-8(6-14-10)11(16)17/h5-6H,2-4,7,13H2,1H3,(H,14,15)(H,16,17). The molecule has 1 saturated heterocycles. The summed E-state index contributed by atoms with van der Waals surface area (Å²) in [6.07, 6.45) is 3.25. The predicted octanol–water partition coefficient (Wildman–Crippen LogP) is 1.34. The zero-order chi connectivity index (χ0) is 13.2. The van der Waals surface area contributed by atoms with E-state index < -0.39 is 5.97 Å². The first kappa shape index (κ1) is 12.6. The highest BCUT2D eigenvalue weighted by molar-refractivity contribution is 5.89. The van der Waals surface area contributed by atoms with Crippen LogP contribution in [0, 0.1) is 0 Å². The van der Waals surface area contributed by atoms with E-state index in [9.17, 15) is 4.79 Å². The lowest BCUT2D eigenvalue weighted by molar-refractivity contribution is 0.0539. The van der Waals surface area contributed by atoms with E-state index in [0.29, 0.717) is 18.1 Å². The van der Waals surface area contributed by atoms with E-state index in [4.69, 9.17) is 15.6 Å². The largest absolute Gasteiger partial charge is 0.478 e. The summed E-state index contributed by atoms with van der Waals surface area (Å²) in [5.74, 6) is -0.527. The SMILES string of the molecule is CC1(Nc2ncc(C(=O)O)cc2N)CCCOC1. The van der Waals surface area contributed by atoms with Crippen molar-refractivity contribution in [3.05, 3.63) is 17.8 Å². The molecule has 2 heterocycles. The molecule has 0 aliphatic carbocycles. The molecule has 0 spiro atoms. The van der Waals surface area contributed by atoms with Gasteiger partial charge in [0.1, 0.15) is 5.82 Å². The van der Waals surface area contributed by atoms with Gasteiger partial charge in [-0.15, -0.1) is 0 Å². The van der Waals surface area contributed by atoms with Gasteiger partial charge in [0.05, 0.1) is 23.4 Å². The minimum Gasteiger partial charge on any atom is -0.478 e. The number of carboxylic acid groups (broad SMARTS) is 1. The van der Waals surface area contributed by atoms with Crippen molar-refractivity contribution in [3.8, 4) is 0 Å². The van der Waals surface area contributed by atoms with E-state index in [-0.39, 0.29) is 11.1 Å². The summed E-state index contributed by atoms with van der Waals surface area (Å²) < 4.78 is 5.43. The minimum absolute atomic E-state index is 0.0862. The van der Waals surface area contributed by atoms with Crippen LogP contribution in [0.3, 0.4) is 0 Å². The van der Waals surface area contributed by atoms with Crippen LogP contribution in [-0.4, -0.2) is 34.8 Å². The van der Waals surface area contributed by atoms with E-state index >= 15 is 0 Å². The minimum atomic E-state index is -1.03. The van der Waals surface area contributed by atoms with E-state index in [1.165, 1.54) is 12.3 Å². The molecular formula is C12H17N3O3. The van der Waals surface area contributed by atoms with Crippen molar-refractivity contribution in [2.75, 3.05) is 24.3 Å². The summed E-state index contributed by atoms with van der Waals surface area (Å²) in [4.78, 5) is 14.8. The molecule has 0 radical (unpaired) electrons. The lowest BCUT2D eigenvalue weighted by Gasteiger charge is -2.35. The number of aromatic nitrogens is 1. The average molecular weight is 251 g/mol. The Labute approximate surface area is 105 Å². The summed E-state index contributed by atoms with van der Waals surface area (Å²) in [5.41, 5.74) is 6.02. The van der Waals surface area contributed by atoms with Crippen molar-refractivity contribution in [3.63, 3.8) is 0 Å². The number of carbonyl (C=O) groups is 1. The molecule has 2 rings (SSSR count). The molecule has 1 aromatic rings. The Morgan fingerprint density at radius 1 is 1.67 bits per heavy atom. The van der Waals surface area contributed by atoms with Crippen LogP contribution in [0.25, 0.3) is 0 Å². The molecule has 18 heavy (non-hydrogen) atoms. The Morgan fingerprint density at radius 3 is 3.00 bits per heavy atom. The fourth-order valence-corrected chi connectivity index (χ4v) is 2.02. The Bertz CT molecular complexity index is 456. The smallest absolute Gasteiger partial charge is 0.337 e. The predicted molar refractivity (Wildman–Crippen MR) is 67.7 cm³/mol. The fourth-order valence-electron chi connectivity index (χ4n) is 2.02. The highest BCUT2D eigenvalue weighted by atomic mass is 16.5. The summed E-state index contributed by atoms with van der Waals surface area (Å²) >= 11 is 0. The third-order valence-corrected chi connectivity index (χ3v) is 3.02. The van der Waals surface area contributed by atoms with Crippen LogP contribution in [0.5, 0.6) is 0 Å². The Morgan fingerprint density at radius 2 is 2.44 bits per heavy atom. The van der Waals surface area contributed by atoms with Crippen molar-refractivity contribution in [1.29, 1.82) is 0 Å². The van der Waals surface area contributed by atoms with Crippen LogP contribution in [0.15, 0.2) is 12.3 Å². The monoisotopic (exact) mass is 251 g/mol. The molecule has 1 aliphatic heterocycles. The Balaban J connectivity index is 2.16. The molecule has 98 valence electrons. The number of nitrogen functional groups attached to an aromatic ring is 1. The molecule has 6 nitrogen and oxygen atoms in total. The number of aromatic carboxylic acids is 1. The second kappa shape index (κ2) is 4.81. The first-order valence-corrected chi connectivity index (χ1v) is 5.85. The van der Waals surface area contributed by atoms with Crippen LogP contribution < -0.4 is 11.1 Å². The van der Waals surface area contributed by atoms with Gasteiger partial charge in [-0.1, -0.05) is 0 Å². The number of hydrogen-bond donors (Lipinski definition) is 3. The molecule has 4 N–H and O–H groups in total. The molecule has 0 bridgehead atoms. The first-order chi connectivity index (χ1) is 8.50. The molecule has 0 aromatic carbocycles. The normalized spacial score (nSPS) is 23.6. The van der Waals surface area contributed by atoms with Gasteiger partial charge in [-0.2, -0.15) is 0 Å². The van der Waals surface area contributed by atoms with Crippen LogP contribution in [0.2, 0.25) is 0 Å². The van der Waals surface area contributed by atoms with Crippen molar-refractivity contribution in [2.45, 2.75) is 25.3 Å². The highest BCUT2D eigenvalue weighted by Crippen LogP contribution is 2.26. The summed E-state index contributed by atoms with van der Waals surface area (Å²) in [6.45, 7) is 3.41. The summed E-state index contributed by atoms with van der Waals surface area (Å²) in [6, 6.07) is 1.41. The van der Waals surface area contributed by atoms with Crippen LogP contribution in [0.1, 0.15) is 30.1 Å². The van der Waals surface area contributed by atoms with Crippen LogP contribution in [0.4, 0.5) is 11.5 Å². The van der Waals surface area contributed by atoms with Gasteiger partial charge >= 0.3 is 5.97 Å². The summed E-state index contributed by atoms with van der Waals surface area (Å²) in [7, 11) is 0. The van der Waals surface area contributed by atoms with Gasteiger partial charge in [0.25, 0.3) is 0 Å². The number of carboxylic acids is 1. The maximum absolute atomic E-state index is 10.8. The maximum Gasteiger partial charge on any atom is 0.337 e. The Hall–Kier alpha value is -1.82. The molecular weight excluding hydrogens is 234 g/mol. The molecule has 6 heteroatoms.